The van der Waals surface area contributed by atoms with E-state index < -0.39 is 0 Å². The van der Waals surface area contributed by atoms with Gasteiger partial charge < -0.3 is 19.5 Å². The second-order valence-corrected chi connectivity index (χ2v) is 8.14. The third-order valence-corrected chi connectivity index (χ3v) is 5.81. The summed E-state index contributed by atoms with van der Waals surface area (Å²) in [5.74, 6) is 0.721. The number of Topliss-reactive ketones (excluding diaryl/α,β-unsaturated/α-hetero) is 1. The average Bonchev–Trinajstić information content (AvgIpc) is 2.86. The summed E-state index contributed by atoms with van der Waals surface area (Å²) < 4.78 is 16.4. The maximum atomic E-state index is 12.8. The minimum absolute atomic E-state index is 0.157. The number of hydrogen-bond acceptors (Lipinski definition) is 6. The van der Waals surface area contributed by atoms with Crippen LogP contribution >= 0.6 is 0 Å². The van der Waals surface area contributed by atoms with Gasteiger partial charge in [0, 0.05) is 11.3 Å². The monoisotopic (exact) mass is 474 g/mol. The highest BCUT2D eigenvalue weighted by Crippen LogP contribution is 2.33. The summed E-state index contributed by atoms with van der Waals surface area (Å²) in [6.45, 7) is 3.34. The quantitative estimate of drug-likeness (QED) is 0.497. The number of nitrogens with one attached hydrogen (secondary N) is 1. The van der Waals surface area contributed by atoms with Crippen LogP contribution < -0.4 is 24.4 Å². The van der Waals surface area contributed by atoms with Crippen molar-refractivity contribution in [3.05, 3.63) is 77.4 Å². The number of benzene rings is 3. The molecule has 2 amide bonds. The van der Waals surface area contributed by atoms with Crippen LogP contribution in [0.2, 0.25) is 0 Å². The Bertz CT molecular complexity index is 1270. The molecular formula is C27H26N2O6. The lowest BCUT2D eigenvalue weighted by atomic mass is 10.1. The Morgan fingerprint density at radius 2 is 1.83 bits per heavy atom. The lowest BCUT2D eigenvalue weighted by Crippen LogP contribution is -2.43. The van der Waals surface area contributed by atoms with Crippen LogP contribution in [0.1, 0.15) is 21.5 Å². The van der Waals surface area contributed by atoms with Crippen LogP contribution in [-0.4, -0.2) is 44.5 Å². The molecule has 1 aliphatic rings. The molecule has 1 aliphatic heterocycles. The molecule has 35 heavy (non-hydrogen) atoms. The largest absolute Gasteiger partial charge is 0.497 e. The van der Waals surface area contributed by atoms with Gasteiger partial charge in [-0.05, 0) is 73.5 Å². The minimum Gasteiger partial charge on any atom is -0.497 e. The molecule has 0 atom stereocenters. The first-order chi connectivity index (χ1) is 16.9. The predicted octanol–water partition coefficient (Wildman–Crippen LogP) is 3.94. The zero-order valence-electron chi connectivity index (χ0n) is 19.8. The van der Waals surface area contributed by atoms with E-state index in [-0.39, 0.29) is 37.4 Å². The van der Waals surface area contributed by atoms with E-state index in [9.17, 15) is 14.4 Å². The lowest BCUT2D eigenvalue weighted by molar-refractivity contribution is -0.123. The Kier molecular flexibility index (Phi) is 7.01. The van der Waals surface area contributed by atoms with Crippen molar-refractivity contribution in [2.75, 3.05) is 37.1 Å². The number of methoxy groups -OCH3 is 1. The van der Waals surface area contributed by atoms with Crippen LogP contribution in [0.4, 0.5) is 11.4 Å². The Labute approximate surface area is 203 Å². The standard InChI is InChI=1S/C27H26N2O6/c1-17-5-4-6-24(18(17)2)34-15-23(30)19-7-12-25-22(13-19)29(27(32)16-35-25)14-26(31)28-20-8-10-21(33-3)11-9-20/h4-13H,14-16H2,1-3H3,(H,28,31). The molecule has 0 saturated carbocycles. The van der Waals surface area contributed by atoms with E-state index in [2.05, 4.69) is 5.32 Å². The maximum absolute atomic E-state index is 12.8. The van der Waals surface area contributed by atoms with Crippen LogP contribution in [0, 0.1) is 13.8 Å². The van der Waals surface area contributed by atoms with Crippen molar-refractivity contribution in [2.24, 2.45) is 0 Å². The van der Waals surface area contributed by atoms with E-state index in [1.165, 1.54) is 4.90 Å². The van der Waals surface area contributed by atoms with Crippen LogP contribution in [0.5, 0.6) is 17.2 Å². The maximum Gasteiger partial charge on any atom is 0.265 e. The first kappa shape index (κ1) is 23.8. The summed E-state index contributed by atoms with van der Waals surface area (Å²) in [5, 5.41) is 2.76. The number of hydrogen-bond donors (Lipinski definition) is 1. The van der Waals surface area contributed by atoms with Gasteiger partial charge in [0.15, 0.2) is 19.0 Å². The zero-order valence-corrected chi connectivity index (χ0v) is 19.8. The number of carbonyl (C=O) groups is 3. The molecule has 0 saturated heterocycles. The molecule has 0 bridgehead atoms. The summed E-state index contributed by atoms with van der Waals surface area (Å²) in [7, 11) is 1.56. The lowest BCUT2D eigenvalue weighted by Gasteiger charge is -2.29. The van der Waals surface area contributed by atoms with E-state index in [1.807, 2.05) is 32.0 Å². The molecule has 0 spiro atoms. The Balaban J connectivity index is 1.47. The predicted molar refractivity (Wildman–Crippen MR) is 132 cm³/mol. The van der Waals surface area contributed by atoms with Crippen LogP contribution in [-0.2, 0) is 9.59 Å². The molecule has 0 fully saturated rings. The first-order valence-corrected chi connectivity index (χ1v) is 11.1. The van der Waals surface area contributed by atoms with Gasteiger partial charge in [-0.1, -0.05) is 12.1 Å². The van der Waals surface area contributed by atoms with E-state index >= 15 is 0 Å². The molecule has 180 valence electrons. The summed E-state index contributed by atoms with van der Waals surface area (Å²) >= 11 is 0. The van der Waals surface area contributed by atoms with Crippen molar-refractivity contribution >= 4 is 29.0 Å². The number of aryl methyl sites for hydroxylation is 1. The number of ether oxygens (including phenoxy) is 3. The first-order valence-electron chi connectivity index (χ1n) is 11.1. The van der Waals surface area contributed by atoms with E-state index in [0.29, 0.717) is 34.2 Å². The summed E-state index contributed by atoms with van der Waals surface area (Å²) in [6, 6.07) is 17.3. The SMILES string of the molecule is COc1ccc(NC(=O)CN2C(=O)COc3ccc(C(=O)COc4cccc(C)c4C)cc32)cc1. The number of nitrogens with zero attached hydrogens (tertiary/aromatic N) is 1. The van der Waals surface area contributed by atoms with Gasteiger partial charge in [0.05, 0.1) is 12.8 Å². The Hall–Kier alpha value is -4.33. The molecule has 0 unspecified atom stereocenters. The van der Waals surface area contributed by atoms with Gasteiger partial charge in [-0.15, -0.1) is 0 Å². The average molecular weight is 475 g/mol. The van der Waals surface area contributed by atoms with E-state index in [4.69, 9.17) is 14.2 Å². The molecule has 0 radical (unpaired) electrons. The van der Waals surface area contributed by atoms with Gasteiger partial charge >= 0.3 is 0 Å². The zero-order chi connectivity index (χ0) is 24.9. The number of anilines is 2. The van der Waals surface area contributed by atoms with Crippen molar-refractivity contribution in [3.63, 3.8) is 0 Å². The Morgan fingerprint density at radius 3 is 2.57 bits per heavy atom. The van der Waals surface area contributed by atoms with Gasteiger partial charge in [-0.25, -0.2) is 0 Å². The second-order valence-electron chi connectivity index (χ2n) is 8.14. The van der Waals surface area contributed by atoms with Gasteiger partial charge in [0.2, 0.25) is 5.91 Å². The molecule has 8 heteroatoms. The molecule has 0 aromatic heterocycles. The molecule has 4 rings (SSSR count). The fourth-order valence-electron chi connectivity index (χ4n) is 3.67. The molecule has 3 aromatic carbocycles. The smallest absolute Gasteiger partial charge is 0.265 e. The highest BCUT2D eigenvalue weighted by atomic mass is 16.5. The summed E-state index contributed by atoms with van der Waals surface area (Å²) in [6.07, 6.45) is 0. The van der Waals surface area contributed by atoms with Gasteiger partial charge in [-0.3, -0.25) is 19.3 Å². The van der Waals surface area contributed by atoms with Crippen LogP contribution in [0.25, 0.3) is 0 Å². The van der Waals surface area contributed by atoms with Gasteiger partial charge in [0.25, 0.3) is 5.91 Å². The van der Waals surface area contributed by atoms with Crippen molar-refractivity contribution in [3.8, 4) is 17.2 Å². The van der Waals surface area contributed by atoms with Crippen molar-refractivity contribution in [2.45, 2.75) is 13.8 Å². The molecular weight excluding hydrogens is 448 g/mol. The normalized spacial score (nSPS) is 12.4. The third-order valence-electron chi connectivity index (χ3n) is 5.81. The highest BCUT2D eigenvalue weighted by molar-refractivity contribution is 6.06. The molecule has 8 nitrogen and oxygen atoms in total. The second kappa shape index (κ2) is 10.3. The number of carbonyl (C=O) groups excluding carboxylic acids is 3. The number of rotatable bonds is 8. The van der Waals surface area contributed by atoms with Crippen LogP contribution in [0.3, 0.4) is 0 Å². The number of ketones is 1. The van der Waals surface area contributed by atoms with E-state index in [0.717, 1.165) is 11.1 Å². The third kappa shape index (κ3) is 5.43. The summed E-state index contributed by atoms with van der Waals surface area (Å²) in [4.78, 5) is 39.4. The van der Waals surface area contributed by atoms with Crippen molar-refractivity contribution < 1.29 is 28.6 Å². The molecule has 0 aliphatic carbocycles. The van der Waals surface area contributed by atoms with Crippen LogP contribution in [0.15, 0.2) is 60.7 Å². The van der Waals surface area contributed by atoms with Crippen molar-refractivity contribution in [1.82, 2.24) is 0 Å². The molecule has 1 heterocycles. The minimum atomic E-state index is -0.383. The van der Waals surface area contributed by atoms with Crippen molar-refractivity contribution in [1.29, 1.82) is 0 Å². The van der Waals surface area contributed by atoms with Gasteiger partial charge in [0.1, 0.15) is 23.8 Å². The van der Waals surface area contributed by atoms with Gasteiger partial charge in [-0.2, -0.15) is 0 Å². The molecule has 1 N–H and O–H groups in total. The summed E-state index contributed by atoms with van der Waals surface area (Å²) in [5.41, 5.74) is 3.34. The fraction of sp³-hybridized carbons (Fsp3) is 0.222. The fourth-order valence-corrected chi connectivity index (χ4v) is 3.67. The number of fused-ring (bicyclic) bond motifs is 1. The van der Waals surface area contributed by atoms with E-state index in [1.54, 1.807) is 49.6 Å². The highest BCUT2D eigenvalue weighted by Gasteiger charge is 2.28. The topological polar surface area (TPSA) is 94.2 Å². The Morgan fingerprint density at radius 1 is 1.06 bits per heavy atom. The molecule has 3 aromatic rings. The number of amides is 2.